The molecule has 0 amide bonds. The van der Waals surface area contributed by atoms with Crippen molar-refractivity contribution < 1.29 is 0 Å². The third-order valence-corrected chi connectivity index (χ3v) is 2.98. The van der Waals surface area contributed by atoms with Crippen molar-refractivity contribution in [2.75, 3.05) is 0 Å². The van der Waals surface area contributed by atoms with E-state index in [4.69, 9.17) is 0 Å². The van der Waals surface area contributed by atoms with Crippen molar-refractivity contribution in [1.82, 2.24) is 5.32 Å². The Hall–Kier alpha value is -2.09. The first-order chi connectivity index (χ1) is 11.7. The number of allylic oxidation sites excluding steroid dienone is 7. The molecule has 0 aromatic rings. The maximum absolute atomic E-state index is 4.34. The zero-order valence-electron chi connectivity index (χ0n) is 18.3. The summed E-state index contributed by atoms with van der Waals surface area (Å²) in [5, 5.41) is 3.08. The third kappa shape index (κ3) is 12.0. The van der Waals surface area contributed by atoms with Gasteiger partial charge in [0, 0.05) is 5.70 Å². The molecule has 1 rings (SSSR count). The maximum Gasteiger partial charge on any atom is 0.103 e. The Kier molecular flexibility index (Phi) is 18.6. The first kappa shape index (κ1) is 27.7. The van der Waals surface area contributed by atoms with Crippen molar-refractivity contribution in [2.24, 2.45) is 4.99 Å². The fourth-order valence-electron chi connectivity index (χ4n) is 1.88. The van der Waals surface area contributed by atoms with Gasteiger partial charge in [0.1, 0.15) is 5.84 Å². The smallest absolute Gasteiger partial charge is 0.103 e. The van der Waals surface area contributed by atoms with Crippen LogP contribution in [0.5, 0.6) is 0 Å². The number of hydrogen-bond acceptors (Lipinski definition) is 2. The Balaban J connectivity index is -0.000000332. The van der Waals surface area contributed by atoms with Crippen molar-refractivity contribution in [3.8, 4) is 0 Å². The number of rotatable bonds is 3. The predicted octanol–water partition coefficient (Wildman–Crippen LogP) is 7.51. The first-order valence-electron chi connectivity index (χ1n) is 9.05. The van der Waals surface area contributed by atoms with Gasteiger partial charge in [-0.3, -0.25) is 0 Å². The number of hydrogen-bond donors (Lipinski definition) is 1. The molecule has 0 fully saturated rings. The Bertz CT molecular complexity index is 549. The van der Waals surface area contributed by atoms with E-state index >= 15 is 0 Å². The van der Waals surface area contributed by atoms with Crippen LogP contribution in [0.3, 0.4) is 0 Å². The van der Waals surface area contributed by atoms with Gasteiger partial charge >= 0.3 is 0 Å². The molecular formula is C23H40N2. The van der Waals surface area contributed by atoms with E-state index in [2.05, 4.69) is 43.9 Å². The van der Waals surface area contributed by atoms with Crippen LogP contribution in [0, 0.1) is 0 Å². The highest BCUT2D eigenvalue weighted by Crippen LogP contribution is 2.17. The highest BCUT2D eigenvalue weighted by Gasteiger charge is 2.08. The summed E-state index contributed by atoms with van der Waals surface area (Å²) in [6.45, 7) is 31.4. The molecule has 0 atom stereocenters. The molecular weight excluding hydrogens is 304 g/mol. The summed E-state index contributed by atoms with van der Waals surface area (Å²) < 4.78 is 0. The van der Waals surface area contributed by atoms with Gasteiger partial charge in [-0.05, 0) is 58.8 Å². The third-order valence-electron chi connectivity index (χ3n) is 2.98. The molecule has 0 spiro atoms. The molecule has 0 radical (unpaired) electrons. The summed E-state index contributed by atoms with van der Waals surface area (Å²) in [7, 11) is 0. The van der Waals surface area contributed by atoms with Crippen LogP contribution in [0.4, 0.5) is 0 Å². The zero-order valence-corrected chi connectivity index (χ0v) is 18.3. The number of amidine groups is 1. The van der Waals surface area contributed by atoms with Crippen molar-refractivity contribution in [3.63, 3.8) is 0 Å². The van der Waals surface area contributed by atoms with Gasteiger partial charge < -0.3 is 5.32 Å². The molecule has 0 aromatic carbocycles. The summed E-state index contributed by atoms with van der Waals surface area (Å²) in [6.07, 6.45) is 5.82. The minimum atomic E-state index is 0.902. The maximum atomic E-state index is 4.34. The van der Waals surface area contributed by atoms with Crippen LogP contribution in [0.15, 0.2) is 76.6 Å². The average Bonchev–Trinajstić information content (AvgIpc) is 2.56. The van der Waals surface area contributed by atoms with Crippen molar-refractivity contribution in [3.05, 3.63) is 71.7 Å². The van der Waals surface area contributed by atoms with Gasteiger partial charge in [0.25, 0.3) is 0 Å². The topological polar surface area (TPSA) is 24.4 Å². The molecule has 2 heteroatoms. The Morgan fingerprint density at radius 2 is 1.52 bits per heavy atom. The van der Waals surface area contributed by atoms with Gasteiger partial charge in [0.05, 0.1) is 5.70 Å². The second-order valence-electron chi connectivity index (χ2n) is 5.21. The number of nitrogens with one attached hydrogen (secondary N) is 1. The van der Waals surface area contributed by atoms with Gasteiger partial charge in [-0.15, -0.1) is 0 Å². The molecule has 25 heavy (non-hydrogen) atoms. The van der Waals surface area contributed by atoms with E-state index in [0.717, 1.165) is 28.4 Å². The molecule has 142 valence electrons. The minimum absolute atomic E-state index is 0.902. The Labute approximate surface area is 157 Å². The SMILES string of the molecule is C=C1NC(C)=NC(/C=C\C)=C1C.C=CC(C(=C)C)=C(C)C.CC.CC. The molecule has 1 aliphatic heterocycles. The van der Waals surface area contributed by atoms with E-state index in [1.807, 2.05) is 73.6 Å². The van der Waals surface area contributed by atoms with E-state index in [1.165, 1.54) is 11.1 Å². The van der Waals surface area contributed by atoms with Gasteiger partial charge in [-0.2, -0.15) is 0 Å². The largest absolute Gasteiger partial charge is 0.344 e. The van der Waals surface area contributed by atoms with Crippen LogP contribution in [0.1, 0.15) is 69.2 Å². The summed E-state index contributed by atoms with van der Waals surface area (Å²) in [6, 6.07) is 0. The fraction of sp³-hybridized carbons (Fsp3) is 0.435. The average molecular weight is 345 g/mol. The van der Waals surface area contributed by atoms with Crippen molar-refractivity contribution in [2.45, 2.75) is 69.2 Å². The highest BCUT2D eigenvalue weighted by molar-refractivity contribution is 5.85. The quantitative estimate of drug-likeness (QED) is 0.526. The van der Waals surface area contributed by atoms with Gasteiger partial charge in [0.2, 0.25) is 0 Å². The van der Waals surface area contributed by atoms with Gasteiger partial charge in [0.15, 0.2) is 0 Å². The van der Waals surface area contributed by atoms with Crippen LogP contribution in [0.25, 0.3) is 0 Å². The second-order valence-corrected chi connectivity index (χ2v) is 5.21. The predicted molar refractivity (Wildman–Crippen MR) is 119 cm³/mol. The molecule has 2 nitrogen and oxygen atoms in total. The lowest BCUT2D eigenvalue weighted by atomic mass is 10.1. The Morgan fingerprint density at radius 1 is 1.04 bits per heavy atom. The van der Waals surface area contributed by atoms with E-state index in [-0.39, 0.29) is 0 Å². The van der Waals surface area contributed by atoms with Crippen LogP contribution in [-0.4, -0.2) is 5.84 Å². The monoisotopic (exact) mass is 344 g/mol. The Morgan fingerprint density at radius 3 is 1.80 bits per heavy atom. The molecule has 0 aliphatic carbocycles. The molecule has 1 N–H and O–H groups in total. The molecule has 0 saturated heterocycles. The molecule has 0 saturated carbocycles. The van der Waals surface area contributed by atoms with E-state index in [0.29, 0.717) is 0 Å². The first-order valence-corrected chi connectivity index (χ1v) is 9.05. The molecule has 0 aromatic heterocycles. The summed E-state index contributed by atoms with van der Waals surface area (Å²) in [4.78, 5) is 4.34. The van der Waals surface area contributed by atoms with Crippen LogP contribution >= 0.6 is 0 Å². The van der Waals surface area contributed by atoms with E-state index < -0.39 is 0 Å². The molecule has 1 aliphatic rings. The van der Waals surface area contributed by atoms with Gasteiger partial charge in [-0.25, -0.2) is 4.99 Å². The number of aliphatic imine (C=N–C) groups is 1. The molecule has 0 unspecified atom stereocenters. The number of nitrogens with zero attached hydrogens (tertiary/aromatic N) is 1. The lowest BCUT2D eigenvalue weighted by Gasteiger charge is -2.16. The molecule has 1 heterocycles. The van der Waals surface area contributed by atoms with Crippen LogP contribution in [-0.2, 0) is 0 Å². The minimum Gasteiger partial charge on any atom is -0.344 e. The van der Waals surface area contributed by atoms with E-state index in [9.17, 15) is 0 Å². The van der Waals surface area contributed by atoms with Crippen LogP contribution in [0.2, 0.25) is 0 Å². The van der Waals surface area contributed by atoms with E-state index in [1.54, 1.807) is 0 Å². The molecule has 0 bridgehead atoms. The van der Waals surface area contributed by atoms with Gasteiger partial charge in [-0.1, -0.05) is 70.7 Å². The second kappa shape index (κ2) is 16.8. The lowest BCUT2D eigenvalue weighted by molar-refractivity contribution is 1.04. The normalized spacial score (nSPS) is 12.2. The zero-order chi connectivity index (χ0) is 20.6. The van der Waals surface area contributed by atoms with Crippen molar-refractivity contribution >= 4 is 5.84 Å². The highest BCUT2D eigenvalue weighted by atomic mass is 15.0. The van der Waals surface area contributed by atoms with Crippen LogP contribution < -0.4 is 5.32 Å². The fourth-order valence-corrected chi connectivity index (χ4v) is 1.88. The summed E-state index contributed by atoms with van der Waals surface area (Å²) >= 11 is 0. The summed E-state index contributed by atoms with van der Waals surface area (Å²) in [5.74, 6) is 0.902. The standard InChI is InChI=1S/C10H14N2.C9H14.2C2H6/c1-5-6-10-7(2)8(3)11-9(4)12-10;1-6-9(7(2)3)8(4)5;2*1-2/h5-6H,3H2,1-2,4H3,(H,11,12);6H,1-2H2,3-5H3;2*1-2H3/b6-5-;;;. The lowest BCUT2D eigenvalue weighted by Crippen LogP contribution is -2.23. The van der Waals surface area contributed by atoms with Crippen molar-refractivity contribution in [1.29, 1.82) is 0 Å². The summed E-state index contributed by atoms with van der Waals surface area (Å²) in [5.41, 5.74) is 6.59.